The Morgan fingerprint density at radius 2 is 2.09 bits per heavy atom. The lowest BCUT2D eigenvalue weighted by Crippen LogP contribution is -2.36. The van der Waals surface area contributed by atoms with Crippen LogP contribution < -0.4 is 5.73 Å². The summed E-state index contributed by atoms with van der Waals surface area (Å²) in [6.45, 7) is 0. The van der Waals surface area contributed by atoms with Gasteiger partial charge in [-0.25, -0.2) is 0 Å². The normalized spacial score (nSPS) is 31.7. The van der Waals surface area contributed by atoms with E-state index in [9.17, 15) is 4.79 Å². The highest BCUT2D eigenvalue weighted by atomic mass is 16.5. The van der Waals surface area contributed by atoms with Gasteiger partial charge in [0.2, 0.25) is 5.91 Å². The molecule has 0 spiro atoms. The predicted molar refractivity (Wildman–Crippen MR) is 41.9 cm³/mol. The molecule has 3 nitrogen and oxygen atoms in total. The summed E-state index contributed by atoms with van der Waals surface area (Å²) in [5.41, 5.74) is 5.21. The van der Waals surface area contributed by atoms with Crippen LogP contribution in [-0.2, 0) is 9.53 Å². The minimum Gasteiger partial charge on any atom is -0.381 e. The summed E-state index contributed by atoms with van der Waals surface area (Å²) in [5, 5.41) is 0. The number of nitrogens with two attached hydrogens (primary N) is 1. The molecule has 0 heterocycles. The number of carbonyl (C=O) groups is 1. The van der Waals surface area contributed by atoms with Gasteiger partial charge in [-0.05, 0) is 12.8 Å². The van der Waals surface area contributed by atoms with E-state index in [0.29, 0.717) is 0 Å². The second-order valence-corrected chi connectivity index (χ2v) is 3.07. The van der Waals surface area contributed by atoms with Crippen LogP contribution in [0, 0.1) is 5.92 Å². The number of hydrogen-bond donors (Lipinski definition) is 1. The average Bonchev–Trinajstić information content (AvgIpc) is 2.04. The van der Waals surface area contributed by atoms with Crippen molar-refractivity contribution in [3.8, 4) is 0 Å². The standard InChI is InChI=1S/C8H15NO2/c1-11-7-5-3-2-4-6(7)8(9)10/h6-7H,2-5H2,1H3,(H2,9,10)/t6-,7-/m0/s1. The third-order valence-electron chi connectivity index (χ3n) is 2.37. The number of carbonyl (C=O) groups excluding carboxylic acids is 1. The lowest BCUT2D eigenvalue weighted by Gasteiger charge is -2.27. The fourth-order valence-corrected chi connectivity index (χ4v) is 1.70. The van der Waals surface area contributed by atoms with Crippen LogP contribution in [0.15, 0.2) is 0 Å². The first-order chi connectivity index (χ1) is 5.25. The second-order valence-electron chi connectivity index (χ2n) is 3.07. The molecular formula is C8H15NO2. The van der Waals surface area contributed by atoms with Crippen molar-refractivity contribution in [2.24, 2.45) is 11.7 Å². The molecule has 2 atom stereocenters. The number of ether oxygens (including phenoxy) is 1. The molecule has 0 radical (unpaired) electrons. The molecule has 0 bridgehead atoms. The molecule has 0 aromatic rings. The van der Waals surface area contributed by atoms with Gasteiger partial charge >= 0.3 is 0 Å². The maximum absolute atomic E-state index is 10.9. The summed E-state index contributed by atoms with van der Waals surface area (Å²) < 4.78 is 5.16. The summed E-state index contributed by atoms with van der Waals surface area (Å²) >= 11 is 0. The van der Waals surface area contributed by atoms with Gasteiger partial charge in [0.15, 0.2) is 0 Å². The van der Waals surface area contributed by atoms with Crippen LogP contribution in [-0.4, -0.2) is 19.1 Å². The van der Waals surface area contributed by atoms with E-state index in [1.165, 1.54) is 0 Å². The first-order valence-corrected chi connectivity index (χ1v) is 4.08. The molecule has 1 saturated carbocycles. The van der Waals surface area contributed by atoms with Gasteiger partial charge < -0.3 is 10.5 Å². The van der Waals surface area contributed by atoms with Crippen molar-refractivity contribution in [2.45, 2.75) is 31.8 Å². The van der Waals surface area contributed by atoms with Gasteiger partial charge in [-0.1, -0.05) is 12.8 Å². The van der Waals surface area contributed by atoms with Gasteiger partial charge in [0.05, 0.1) is 12.0 Å². The van der Waals surface area contributed by atoms with E-state index in [1.807, 2.05) is 0 Å². The zero-order valence-corrected chi connectivity index (χ0v) is 6.88. The van der Waals surface area contributed by atoms with Crippen LogP contribution >= 0.6 is 0 Å². The van der Waals surface area contributed by atoms with Crippen molar-refractivity contribution < 1.29 is 9.53 Å². The topological polar surface area (TPSA) is 52.3 Å². The molecule has 64 valence electrons. The van der Waals surface area contributed by atoms with Crippen molar-refractivity contribution in [3.05, 3.63) is 0 Å². The Morgan fingerprint density at radius 3 is 2.55 bits per heavy atom. The van der Waals surface area contributed by atoms with Gasteiger partial charge in [-0.3, -0.25) is 4.79 Å². The van der Waals surface area contributed by atoms with Crippen molar-refractivity contribution in [1.82, 2.24) is 0 Å². The molecule has 1 fully saturated rings. The van der Waals surface area contributed by atoms with Gasteiger partial charge in [0, 0.05) is 7.11 Å². The lowest BCUT2D eigenvalue weighted by molar-refractivity contribution is -0.127. The zero-order valence-electron chi connectivity index (χ0n) is 6.88. The highest BCUT2D eigenvalue weighted by Gasteiger charge is 2.28. The third kappa shape index (κ3) is 1.93. The van der Waals surface area contributed by atoms with Crippen LogP contribution in [0.5, 0.6) is 0 Å². The molecule has 0 unspecified atom stereocenters. The number of hydrogen-bond acceptors (Lipinski definition) is 2. The molecule has 1 aliphatic rings. The van der Waals surface area contributed by atoms with Gasteiger partial charge in [0.25, 0.3) is 0 Å². The molecule has 11 heavy (non-hydrogen) atoms. The van der Waals surface area contributed by atoms with Crippen LogP contribution in [0.3, 0.4) is 0 Å². The maximum Gasteiger partial charge on any atom is 0.223 e. The van der Waals surface area contributed by atoms with Crippen LogP contribution in [0.2, 0.25) is 0 Å². The highest BCUT2D eigenvalue weighted by molar-refractivity contribution is 5.77. The summed E-state index contributed by atoms with van der Waals surface area (Å²) in [7, 11) is 1.64. The number of rotatable bonds is 2. The van der Waals surface area contributed by atoms with Crippen molar-refractivity contribution in [2.75, 3.05) is 7.11 Å². The summed E-state index contributed by atoms with van der Waals surface area (Å²) in [6.07, 6.45) is 4.20. The Hall–Kier alpha value is -0.570. The van der Waals surface area contributed by atoms with E-state index in [4.69, 9.17) is 10.5 Å². The predicted octanol–water partition coefficient (Wildman–Crippen LogP) is 0.677. The fraction of sp³-hybridized carbons (Fsp3) is 0.875. The Balaban J connectivity index is 2.51. The van der Waals surface area contributed by atoms with E-state index >= 15 is 0 Å². The Morgan fingerprint density at radius 1 is 1.45 bits per heavy atom. The minimum absolute atomic E-state index is 0.0475. The summed E-state index contributed by atoms with van der Waals surface area (Å²) in [5.74, 6) is -0.259. The Bertz CT molecular complexity index is 147. The largest absolute Gasteiger partial charge is 0.381 e. The number of amides is 1. The molecule has 0 aromatic carbocycles. The van der Waals surface area contributed by atoms with E-state index in [1.54, 1.807) is 7.11 Å². The van der Waals surface area contributed by atoms with Crippen molar-refractivity contribution in [3.63, 3.8) is 0 Å². The van der Waals surface area contributed by atoms with Crippen molar-refractivity contribution in [1.29, 1.82) is 0 Å². The second kappa shape index (κ2) is 3.72. The first kappa shape index (κ1) is 8.53. The molecule has 0 aromatic heterocycles. The Kier molecular flexibility index (Phi) is 2.88. The van der Waals surface area contributed by atoms with Crippen LogP contribution in [0.4, 0.5) is 0 Å². The zero-order chi connectivity index (χ0) is 8.27. The van der Waals surface area contributed by atoms with E-state index in [2.05, 4.69) is 0 Å². The SMILES string of the molecule is CO[C@H]1CCCC[C@@H]1C(N)=O. The molecule has 3 heteroatoms. The molecule has 1 amide bonds. The van der Waals surface area contributed by atoms with E-state index < -0.39 is 0 Å². The van der Waals surface area contributed by atoms with Crippen LogP contribution in [0.1, 0.15) is 25.7 Å². The average molecular weight is 157 g/mol. The molecule has 0 saturated heterocycles. The van der Waals surface area contributed by atoms with Crippen molar-refractivity contribution >= 4 is 5.91 Å². The smallest absolute Gasteiger partial charge is 0.223 e. The van der Waals surface area contributed by atoms with Gasteiger partial charge in [-0.15, -0.1) is 0 Å². The molecule has 1 aliphatic carbocycles. The molecule has 1 rings (SSSR count). The van der Waals surface area contributed by atoms with Crippen LogP contribution in [0.25, 0.3) is 0 Å². The number of methoxy groups -OCH3 is 1. The molecule has 0 aliphatic heterocycles. The maximum atomic E-state index is 10.9. The lowest BCUT2D eigenvalue weighted by atomic mass is 9.86. The van der Waals surface area contributed by atoms with Gasteiger partial charge in [0.1, 0.15) is 0 Å². The summed E-state index contributed by atoms with van der Waals surface area (Å²) in [4.78, 5) is 10.9. The molecule has 2 N–H and O–H groups in total. The number of primary amides is 1. The Labute approximate surface area is 66.9 Å². The molecular weight excluding hydrogens is 142 g/mol. The van der Waals surface area contributed by atoms with Gasteiger partial charge in [-0.2, -0.15) is 0 Å². The minimum atomic E-state index is -0.212. The van der Waals surface area contributed by atoms with E-state index in [-0.39, 0.29) is 17.9 Å². The first-order valence-electron chi connectivity index (χ1n) is 4.08. The van der Waals surface area contributed by atoms with E-state index in [0.717, 1.165) is 25.7 Å². The third-order valence-corrected chi connectivity index (χ3v) is 2.37. The quantitative estimate of drug-likeness (QED) is 0.640. The fourth-order valence-electron chi connectivity index (χ4n) is 1.70. The monoisotopic (exact) mass is 157 g/mol. The summed E-state index contributed by atoms with van der Waals surface area (Å²) in [6, 6.07) is 0. The highest BCUT2D eigenvalue weighted by Crippen LogP contribution is 2.25.